The first-order chi connectivity index (χ1) is 14.4. The molecule has 3 rings (SSSR count). The van der Waals surface area contributed by atoms with Gasteiger partial charge in [-0.1, -0.05) is 0 Å². The van der Waals surface area contributed by atoms with Crippen LogP contribution in [0.1, 0.15) is 58.3 Å². The molecular weight excluding hydrogens is 509 g/mol. The third-order valence-corrected chi connectivity index (χ3v) is 5.40. The Morgan fingerprint density at radius 2 is 2.03 bits per heavy atom. The number of guanidine groups is 1. The van der Waals surface area contributed by atoms with Gasteiger partial charge in [-0.05, 0) is 71.7 Å². The van der Waals surface area contributed by atoms with Gasteiger partial charge in [0.15, 0.2) is 5.96 Å². The SMILES string of the molecule is CN=C(NCCN(C(=O)OC(C)(C)C)C1CC1)NCC(c1ccco1)N1CCCC1.I. The van der Waals surface area contributed by atoms with Crippen LogP contribution >= 0.6 is 24.0 Å². The van der Waals surface area contributed by atoms with Gasteiger partial charge in [0.25, 0.3) is 0 Å². The fraction of sp³-hybridized carbons (Fsp3) is 0.727. The van der Waals surface area contributed by atoms with Gasteiger partial charge in [-0.3, -0.25) is 9.89 Å². The zero-order valence-electron chi connectivity index (χ0n) is 19.2. The molecule has 2 N–H and O–H groups in total. The summed E-state index contributed by atoms with van der Waals surface area (Å²) in [6, 6.07) is 4.46. The second-order valence-electron chi connectivity index (χ2n) is 9.06. The molecule has 0 bridgehead atoms. The lowest BCUT2D eigenvalue weighted by Gasteiger charge is -2.28. The van der Waals surface area contributed by atoms with Crippen molar-refractivity contribution in [2.45, 2.75) is 64.1 Å². The maximum Gasteiger partial charge on any atom is 0.410 e. The quantitative estimate of drug-likeness (QED) is 0.294. The van der Waals surface area contributed by atoms with Gasteiger partial charge in [-0.15, -0.1) is 24.0 Å². The minimum atomic E-state index is -0.480. The van der Waals surface area contributed by atoms with Gasteiger partial charge in [0.2, 0.25) is 0 Å². The Kier molecular flexibility index (Phi) is 9.92. The van der Waals surface area contributed by atoms with E-state index >= 15 is 0 Å². The molecule has 0 spiro atoms. The molecule has 8 nitrogen and oxygen atoms in total. The molecule has 1 aromatic rings. The molecule has 2 aliphatic rings. The van der Waals surface area contributed by atoms with Crippen molar-refractivity contribution in [2.24, 2.45) is 4.99 Å². The minimum absolute atomic E-state index is 0. The molecule has 1 saturated carbocycles. The number of amides is 1. The normalized spacial score (nSPS) is 18.3. The Morgan fingerprint density at radius 1 is 1.32 bits per heavy atom. The number of furan rings is 1. The molecule has 1 aliphatic heterocycles. The second kappa shape index (κ2) is 11.9. The largest absolute Gasteiger partial charge is 0.468 e. The summed E-state index contributed by atoms with van der Waals surface area (Å²) in [5, 5.41) is 6.76. The van der Waals surface area contributed by atoms with Gasteiger partial charge in [-0.2, -0.15) is 0 Å². The highest BCUT2D eigenvalue weighted by molar-refractivity contribution is 14.0. The highest BCUT2D eigenvalue weighted by atomic mass is 127. The Balaban J connectivity index is 0.00000341. The first-order valence-corrected chi connectivity index (χ1v) is 11.1. The van der Waals surface area contributed by atoms with Gasteiger partial charge in [0.1, 0.15) is 11.4 Å². The van der Waals surface area contributed by atoms with Gasteiger partial charge < -0.3 is 24.7 Å². The average molecular weight is 547 g/mol. The minimum Gasteiger partial charge on any atom is -0.468 e. The van der Waals surface area contributed by atoms with Gasteiger partial charge in [0.05, 0.1) is 12.3 Å². The number of aliphatic imine (C=N–C) groups is 1. The highest BCUT2D eigenvalue weighted by Gasteiger charge is 2.35. The summed E-state index contributed by atoms with van der Waals surface area (Å²) in [6.45, 7) is 9.79. The summed E-state index contributed by atoms with van der Waals surface area (Å²) < 4.78 is 11.2. The first kappa shape index (κ1) is 25.8. The van der Waals surface area contributed by atoms with Crippen LogP contribution in [-0.4, -0.2) is 73.3 Å². The number of hydrogen-bond acceptors (Lipinski definition) is 5. The molecule has 0 radical (unpaired) electrons. The standard InChI is InChI=1S/C22H37N5O3.HI/c1-22(2,3)30-21(28)27(17-9-10-17)14-11-24-20(23-4)25-16-18(19-8-7-15-29-19)26-12-5-6-13-26;/h7-8,15,17-18H,5-6,9-14,16H2,1-4H3,(H2,23,24,25);1H. The van der Waals surface area contributed by atoms with E-state index in [0.29, 0.717) is 25.7 Å². The monoisotopic (exact) mass is 547 g/mol. The molecule has 176 valence electrons. The maximum atomic E-state index is 12.5. The fourth-order valence-electron chi connectivity index (χ4n) is 3.78. The van der Waals surface area contributed by atoms with Crippen molar-refractivity contribution in [3.8, 4) is 0 Å². The number of likely N-dealkylation sites (tertiary alicyclic amines) is 1. The summed E-state index contributed by atoms with van der Waals surface area (Å²) >= 11 is 0. The number of nitrogens with zero attached hydrogens (tertiary/aromatic N) is 3. The average Bonchev–Trinajstić information content (AvgIpc) is 3.15. The molecule has 1 aromatic heterocycles. The van der Waals surface area contributed by atoms with E-state index in [9.17, 15) is 4.79 Å². The zero-order chi connectivity index (χ0) is 21.6. The van der Waals surface area contributed by atoms with E-state index in [1.807, 2.05) is 37.8 Å². The fourth-order valence-corrected chi connectivity index (χ4v) is 3.78. The third kappa shape index (κ3) is 8.17. The predicted molar refractivity (Wildman–Crippen MR) is 133 cm³/mol. The second-order valence-corrected chi connectivity index (χ2v) is 9.06. The first-order valence-electron chi connectivity index (χ1n) is 11.1. The lowest BCUT2D eigenvalue weighted by molar-refractivity contribution is 0.0238. The van der Waals surface area contributed by atoms with Crippen molar-refractivity contribution >= 4 is 36.0 Å². The lowest BCUT2D eigenvalue weighted by Crippen LogP contribution is -2.46. The molecule has 2 heterocycles. The van der Waals surface area contributed by atoms with Gasteiger partial charge in [-0.25, -0.2) is 4.79 Å². The third-order valence-electron chi connectivity index (χ3n) is 5.40. The molecule has 9 heteroatoms. The molecule has 1 unspecified atom stereocenters. The van der Waals surface area contributed by atoms with Crippen LogP contribution in [0.4, 0.5) is 4.79 Å². The van der Waals surface area contributed by atoms with E-state index in [2.05, 4.69) is 20.5 Å². The molecule has 2 fully saturated rings. The van der Waals surface area contributed by atoms with Crippen LogP contribution in [-0.2, 0) is 4.74 Å². The summed E-state index contributed by atoms with van der Waals surface area (Å²) in [4.78, 5) is 21.1. The number of nitrogens with one attached hydrogen (secondary N) is 2. The summed E-state index contributed by atoms with van der Waals surface area (Å²) in [5.74, 6) is 1.70. The molecule has 1 aliphatic carbocycles. The van der Waals surface area contributed by atoms with E-state index in [0.717, 1.165) is 37.7 Å². The van der Waals surface area contributed by atoms with Gasteiger partial charge >= 0.3 is 6.09 Å². The topological polar surface area (TPSA) is 82.3 Å². The molecule has 1 atom stereocenters. The molecule has 1 amide bonds. The van der Waals surface area contributed by atoms with E-state index in [1.54, 1.807) is 13.3 Å². The maximum absolute atomic E-state index is 12.5. The van der Waals surface area contributed by atoms with Crippen LogP contribution in [0.2, 0.25) is 0 Å². The van der Waals surface area contributed by atoms with Crippen molar-refractivity contribution in [3.63, 3.8) is 0 Å². The van der Waals surface area contributed by atoms with Crippen LogP contribution < -0.4 is 10.6 Å². The van der Waals surface area contributed by atoms with Crippen molar-refractivity contribution < 1.29 is 13.9 Å². The van der Waals surface area contributed by atoms with Gasteiger partial charge in [0, 0.05) is 32.7 Å². The summed E-state index contributed by atoms with van der Waals surface area (Å²) in [5.41, 5.74) is -0.480. The Hall–Kier alpha value is -1.49. The predicted octanol–water partition coefficient (Wildman–Crippen LogP) is 3.60. The number of halogens is 1. The Morgan fingerprint density at radius 3 is 2.58 bits per heavy atom. The van der Waals surface area contributed by atoms with E-state index < -0.39 is 5.60 Å². The van der Waals surface area contributed by atoms with Crippen molar-refractivity contribution in [2.75, 3.05) is 39.8 Å². The molecule has 0 aromatic carbocycles. The van der Waals surface area contributed by atoms with Crippen molar-refractivity contribution in [1.29, 1.82) is 0 Å². The Bertz CT molecular complexity index is 694. The Labute approximate surface area is 203 Å². The van der Waals surface area contributed by atoms with E-state index in [1.165, 1.54) is 12.8 Å². The number of rotatable bonds is 8. The molecule has 31 heavy (non-hydrogen) atoms. The summed E-state index contributed by atoms with van der Waals surface area (Å²) in [7, 11) is 1.76. The molecular formula is C22H38IN5O3. The molecule has 1 saturated heterocycles. The van der Waals surface area contributed by atoms with Crippen LogP contribution in [0.15, 0.2) is 27.8 Å². The summed E-state index contributed by atoms with van der Waals surface area (Å²) in [6.07, 6.45) is 6.05. The highest BCUT2D eigenvalue weighted by Crippen LogP contribution is 2.28. The van der Waals surface area contributed by atoms with E-state index in [4.69, 9.17) is 9.15 Å². The van der Waals surface area contributed by atoms with Crippen LogP contribution in [0.25, 0.3) is 0 Å². The zero-order valence-corrected chi connectivity index (χ0v) is 21.6. The number of ether oxygens (including phenoxy) is 1. The smallest absolute Gasteiger partial charge is 0.410 e. The van der Waals surface area contributed by atoms with Crippen molar-refractivity contribution in [1.82, 2.24) is 20.4 Å². The van der Waals surface area contributed by atoms with E-state index in [-0.39, 0.29) is 36.1 Å². The number of carbonyl (C=O) groups is 1. The number of hydrogen-bond donors (Lipinski definition) is 2. The van der Waals surface area contributed by atoms with Crippen LogP contribution in [0.5, 0.6) is 0 Å². The van der Waals surface area contributed by atoms with Crippen LogP contribution in [0, 0.1) is 0 Å². The number of carbonyl (C=O) groups excluding carboxylic acids is 1. The van der Waals surface area contributed by atoms with Crippen LogP contribution in [0.3, 0.4) is 0 Å². The lowest BCUT2D eigenvalue weighted by atomic mass is 10.2. The van der Waals surface area contributed by atoms with Crippen molar-refractivity contribution in [3.05, 3.63) is 24.2 Å².